The van der Waals surface area contributed by atoms with E-state index in [0.717, 1.165) is 0 Å². The molecule has 0 atom stereocenters. The van der Waals surface area contributed by atoms with E-state index in [1.807, 2.05) is 0 Å². The molecule has 0 aromatic heterocycles. The van der Waals surface area contributed by atoms with Crippen LogP contribution in [0.25, 0.3) is 0 Å². The molecule has 0 saturated heterocycles. The summed E-state index contributed by atoms with van der Waals surface area (Å²) in [6.07, 6.45) is 3.48. The molecule has 0 aliphatic heterocycles. The van der Waals surface area contributed by atoms with Crippen LogP contribution in [-0.2, 0) is 20.4 Å². The average Bonchev–Trinajstić information content (AvgIpc) is 2.84. The van der Waals surface area contributed by atoms with Crippen LogP contribution in [0.1, 0.15) is 38.5 Å². The zero-order valence-corrected chi connectivity index (χ0v) is 20.9. The van der Waals surface area contributed by atoms with Crippen molar-refractivity contribution in [3.05, 3.63) is 48.5 Å². The maximum Gasteiger partial charge on any atom is 0.224 e. The van der Waals surface area contributed by atoms with Gasteiger partial charge in [0.15, 0.2) is 11.9 Å². The fraction of sp³-hybridized carbons (Fsp3) is 0.333. The van der Waals surface area contributed by atoms with Crippen molar-refractivity contribution in [2.45, 2.75) is 48.3 Å². The standard InChI is InChI=1S/C24H34N8O3S/c25-23(26)29-15-3-1-5-21(33)31-17-7-11-19(12-8-17)36(35)20-13-9-18(10-14-20)32-22(34)6-2-4-16-30-24(27)28/h7-14H,1-6,15-16H2,(H,31,33)(H,32,34)(H4,25,26,29)(H4,27,28,30). The average molecular weight is 515 g/mol. The lowest BCUT2D eigenvalue weighted by atomic mass is 10.2. The summed E-state index contributed by atoms with van der Waals surface area (Å²) in [7, 11) is -1.40. The highest BCUT2D eigenvalue weighted by Crippen LogP contribution is 2.21. The summed E-state index contributed by atoms with van der Waals surface area (Å²) in [6, 6.07) is 13.7. The number of hydrogen-bond donors (Lipinski definition) is 6. The molecule has 2 aromatic rings. The number of nitrogens with one attached hydrogen (secondary N) is 2. The van der Waals surface area contributed by atoms with E-state index in [2.05, 4.69) is 20.6 Å². The summed E-state index contributed by atoms with van der Waals surface area (Å²) in [6.45, 7) is 0.983. The Morgan fingerprint density at radius 3 is 1.33 bits per heavy atom. The number of guanidine groups is 2. The molecule has 0 bridgehead atoms. The van der Waals surface area contributed by atoms with Gasteiger partial charge in [0.1, 0.15) is 0 Å². The van der Waals surface area contributed by atoms with Crippen LogP contribution in [0, 0.1) is 0 Å². The molecule has 2 rings (SSSR count). The molecule has 36 heavy (non-hydrogen) atoms. The summed E-state index contributed by atoms with van der Waals surface area (Å²) in [5.74, 6) is -0.133. The Labute approximate surface area is 213 Å². The highest BCUT2D eigenvalue weighted by molar-refractivity contribution is 7.85. The molecule has 2 aromatic carbocycles. The van der Waals surface area contributed by atoms with E-state index in [-0.39, 0.29) is 23.7 Å². The number of benzene rings is 2. The number of hydrogen-bond acceptors (Lipinski definition) is 5. The van der Waals surface area contributed by atoms with Gasteiger partial charge in [-0.3, -0.25) is 19.6 Å². The highest BCUT2D eigenvalue weighted by atomic mass is 32.2. The van der Waals surface area contributed by atoms with Gasteiger partial charge in [0, 0.05) is 47.1 Å². The van der Waals surface area contributed by atoms with E-state index in [1.54, 1.807) is 48.5 Å². The number of nitrogens with zero attached hydrogens (tertiary/aromatic N) is 2. The number of carbonyl (C=O) groups is 2. The molecule has 0 fully saturated rings. The van der Waals surface area contributed by atoms with Crippen LogP contribution in [0.15, 0.2) is 68.3 Å². The molecule has 0 spiro atoms. The minimum Gasteiger partial charge on any atom is -0.370 e. The Morgan fingerprint density at radius 2 is 1.00 bits per heavy atom. The molecule has 0 heterocycles. The third kappa shape index (κ3) is 11.0. The van der Waals surface area contributed by atoms with Crippen LogP contribution in [0.3, 0.4) is 0 Å². The quantitative estimate of drug-likeness (QED) is 0.125. The number of unbranched alkanes of at least 4 members (excludes halogenated alkanes) is 2. The van der Waals surface area contributed by atoms with Crippen molar-refractivity contribution in [3.63, 3.8) is 0 Å². The number of anilines is 2. The summed E-state index contributed by atoms with van der Waals surface area (Å²) >= 11 is 0. The van der Waals surface area contributed by atoms with Crippen LogP contribution in [0.2, 0.25) is 0 Å². The maximum absolute atomic E-state index is 12.9. The molecular formula is C24H34N8O3S. The number of carbonyl (C=O) groups excluding carboxylic acids is 2. The van der Waals surface area contributed by atoms with E-state index in [9.17, 15) is 13.8 Å². The van der Waals surface area contributed by atoms with Gasteiger partial charge < -0.3 is 33.6 Å². The van der Waals surface area contributed by atoms with E-state index < -0.39 is 10.8 Å². The number of amides is 2. The predicted octanol–water partition coefficient (Wildman–Crippen LogP) is 1.62. The van der Waals surface area contributed by atoms with Gasteiger partial charge in [-0.15, -0.1) is 0 Å². The molecule has 12 heteroatoms. The van der Waals surface area contributed by atoms with E-state index in [4.69, 9.17) is 22.9 Å². The molecular weight excluding hydrogens is 480 g/mol. The lowest BCUT2D eigenvalue weighted by Gasteiger charge is -2.08. The summed E-state index contributed by atoms with van der Waals surface area (Å²) in [4.78, 5) is 33.1. The SMILES string of the molecule is NC(N)=NCCCCC(=O)Nc1ccc(S(=O)c2ccc(NC(=O)CCCCN=C(N)N)cc2)cc1. The third-order valence-corrected chi connectivity index (χ3v) is 6.32. The van der Waals surface area contributed by atoms with Gasteiger partial charge in [-0.05, 0) is 74.2 Å². The molecule has 0 unspecified atom stereocenters. The molecule has 10 N–H and O–H groups in total. The molecule has 11 nitrogen and oxygen atoms in total. The minimum atomic E-state index is -1.40. The fourth-order valence-electron chi connectivity index (χ4n) is 3.12. The molecule has 0 saturated carbocycles. The van der Waals surface area contributed by atoms with Crippen LogP contribution in [-0.4, -0.2) is 41.0 Å². The van der Waals surface area contributed by atoms with Gasteiger partial charge in [0.25, 0.3) is 0 Å². The van der Waals surface area contributed by atoms with Crippen LogP contribution < -0.4 is 33.6 Å². The van der Waals surface area contributed by atoms with E-state index >= 15 is 0 Å². The van der Waals surface area contributed by atoms with Crippen LogP contribution in [0.4, 0.5) is 11.4 Å². The first-order valence-electron chi connectivity index (χ1n) is 11.6. The highest BCUT2D eigenvalue weighted by Gasteiger charge is 2.09. The van der Waals surface area contributed by atoms with Crippen molar-refractivity contribution in [1.29, 1.82) is 0 Å². The Balaban J connectivity index is 1.79. The topological polar surface area (TPSA) is 204 Å². The normalized spacial score (nSPS) is 10.5. The van der Waals surface area contributed by atoms with Gasteiger partial charge in [-0.1, -0.05) is 0 Å². The number of rotatable bonds is 14. The van der Waals surface area contributed by atoms with Gasteiger partial charge in [-0.2, -0.15) is 0 Å². The fourth-order valence-corrected chi connectivity index (χ4v) is 4.16. The van der Waals surface area contributed by atoms with Gasteiger partial charge in [0.2, 0.25) is 11.8 Å². The molecule has 0 aliphatic rings. The predicted molar refractivity (Wildman–Crippen MR) is 144 cm³/mol. The number of aliphatic imine (C=N–C) groups is 2. The lowest BCUT2D eigenvalue weighted by Crippen LogP contribution is -2.23. The second-order valence-corrected chi connectivity index (χ2v) is 9.42. The minimum absolute atomic E-state index is 0.0445. The molecule has 2 amide bonds. The van der Waals surface area contributed by atoms with E-state index in [0.29, 0.717) is 72.8 Å². The van der Waals surface area contributed by atoms with E-state index in [1.165, 1.54) is 0 Å². The first kappa shape index (κ1) is 28.3. The Hall–Kier alpha value is -3.93. The van der Waals surface area contributed by atoms with Gasteiger partial charge in [0.05, 0.1) is 10.8 Å². The van der Waals surface area contributed by atoms with Crippen molar-refractivity contribution >= 4 is 45.9 Å². The maximum atomic E-state index is 12.9. The summed E-state index contributed by atoms with van der Waals surface area (Å²) in [5, 5.41) is 5.64. The van der Waals surface area contributed by atoms with Crippen LogP contribution in [0.5, 0.6) is 0 Å². The zero-order chi connectivity index (χ0) is 26.3. The molecule has 194 valence electrons. The Kier molecular flexibility index (Phi) is 11.9. The Morgan fingerprint density at radius 1 is 0.639 bits per heavy atom. The van der Waals surface area contributed by atoms with Crippen molar-refractivity contribution in [3.8, 4) is 0 Å². The van der Waals surface area contributed by atoms with Crippen molar-refractivity contribution in [1.82, 2.24) is 0 Å². The third-order valence-electron chi connectivity index (χ3n) is 4.92. The van der Waals surface area contributed by atoms with Gasteiger partial charge in [-0.25, -0.2) is 4.21 Å². The van der Waals surface area contributed by atoms with Crippen LogP contribution >= 0.6 is 0 Å². The smallest absolute Gasteiger partial charge is 0.224 e. The van der Waals surface area contributed by atoms with Crippen molar-refractivity contribution in [2.75, 3.05) is 23.7 Å². The number of nitrogens with two attached hydrogens (primary N) is 4. The van der Waals surface area contributed by atoms with Crippen molar-refractivity contribution < 1.29 is 13.8 Å². The molecule has 0 aliphatic carbocycles. The van der Waals surface area contributed by atoms with Crippen molar-refractivity contribution in [2.24, 2.45) is 32.9 Å². The molecule has 0 radical (unpaired) electrons. The Bertz CT molecular complexity index is 992. The first-order chi connectivity index (χ1) is 17.2. The summed E-state index contributed by atoms with van der Waals surface area (Å²) in [5.41, 5.74) is 22.3. The second kappa shape index (κ2) is 15.1. The largest absolute Gasteiger partial charge is 0.370 e. The zero-order valence-electron chi connectivity index (χ0n) is 20.1. The van der Waals surface area contributed by atoms with Gasteiger partial charge >= 0.3 is 0 Å². The lowest BCUT2D eigenvalue weighted by molar-refractivity contribution is -0.117. The monoisotopic (exact) mass is 514 g/mol. The first-order valence-corrected chi connectivity index (χ1v) is 12.7. The second-order valence-electron chi connectivity index (χ2n) is 7.94. The summed E-state index contributed by atoms with van der Waals surface area (Å²) < 4.78 is 12.9.